The average Bonchev–Trinajstić information content (AvgIpc) is 1.89. The van der Waals surface area contributed by atoms with Crippen LogP contribution in [-0.4, -0.2) is 5.11 Å². The summed E-state index contributed by atoms with van der Waals surface area (Å²) >= 11 is 0. The lowest BCUT2D eigenvalue weighted by molar-refractivity contribution is 0.474. The van der Waals surface area contributed by atoms with Gasteiger partial charge in [-0.15, -0.1) is 0 Å². The van der Waals surface area contributed by atoms with Crippen molar-refractivity contribution in [2.45, 2.75) is 13.3 Å². The van der Waals surface area contributed by atoms with Gasteiger partial charge < -0.3 is 5.11 Å². The van der Waals surface area contributed by atoms with Crippen LogP contribution < -0.4 is 0 Å². The molecule has 0 atom stereocenters. The van der Waals surface area contributed by atoms with E-state index in [1.165, 1.54) is 0 Å². The minimum Gasteiger partial charge on any atom is -0.516 e. The first-order chi connectivity index (χ1) is 4.41. The van der Waals surface area contributed by atoms with E-state index in [4.69, 9.17) is 5.11 Å². The van der Waals surface area contributed by atoms with Crippen molar-refractivity contribution in [1.29, 1.82) is 0 Å². The summed E-state index contributed by atoms with van der Waals surface area (Å²) in [6.45, 7) is 2.08. The second kappa shape index (κ2) is 7.02. The quantitative estimate of drug-likeness (QED) is 0.453. The molecule has 0 radical (unpaired) electrons. The van der Waals surface area contributed by atoms with Crippen LogP contribution in [0.1, 0.15) is 13.3 Å². The van der Waals surface area contributed by atoms with Gasteiger partial charge in [0.25, 0.3) is 0 Å². The van der Waals surface area contributed by atoms with E-state index in [1.54, 1.807) is 12.2 Å². The molecule has 0 heterocycles. The van der Waals surface area contributed by atoms with Crippen LogP contribution >= 0.6 is 0 Å². The zero-order chi connectivity index (χ0) is 6.95. The minimum atomic E-state index is 1.01. The molecule has 0 aliphatic heterocycles. The molecule has 0 fully saturated rings. The monoisotopic (exact) mass is 124 g/mol. The third-order valence-corrected chi connectivity index (χ3v) is 0.791. The summed E-state index contributed by atoms with van der Waals surface area (Å²) in [4.78, 5) is 0. The lowest BCUT2D eigenvalue weighted by Crippen LogP contribution is -1.52. The molecule has 0 amide bonds. The van der Waals surface area contributed by atoms with Crippen LogP contribution in [0.5, 0.6) is 0 Å². The van der Waals surface area contributed by atoms with Crippen LogP contribution in [0.25, 0.3) is 0 Å². The zero-order valence-corrected chi connectivity index (χ0v) is 5.62. The van der Waals surface area contributed by atoms with Gasteiger partial charge in [-0.1, -0.05) is 31.2 Å². The third kappa shape index (κ3) is 7.02. The van der Waals surface area contributed by atoms with Crippen LogP contribution in [0, 0.1) is 0 Å². The van der Waals surface area contributed by atoms with Gasteiger partial charge >= 0.3 is 0 Å². The molecule has 1 nitrogen and oxygen atoms in total. The fourth-order valence-corrected chi connectivity index (χ4v) is 0.393. The molecule has 1 heteroatoms. The van der Waals surface area contributed by atoms with E-state index in [2.05, 4.69) is 6.92 Å². The standard InChI is InChI=1S/C8H12O/c1-2-3-4-5-6-7-8-9/h3-9H,2H2,1H3/b4-3+,6-5-,8-7+. The third-order valence-electron chi connectivity index (χ3n) is 0.791. The van der Waals surface area contributed by atoms with Crippen LogP contribution in [0.4, 0.5) is 0 Å². The maximum absolute atomic E-state index is 8.17. The van der Waals surface area contributed by atoms with Crippen molar-refractivity contribution in [2.75, 3.05) is 0 Å². The van der Waals surface area contributed by atoms with Gasteiger partial charge in [0.1, 0.15) is 0 Å². The van der Waals surface area contributed by atoms with Crippen LogP contribution in [0.3, 0.4) is 0 Å². The lowest BCUT2D eigenvalue weighted by atomic mass is 10.4. The molecular formula is C8H12O. The van der Waals surface area contributed by atoms with Gasteiger partial charge in [0.2, 0.25) is 0 Å². The largest absolute Gasteiger partial charge is 0.516 e. The molecule has 0 aliphatic carbocycles. The Morgan fingerprint density at radius 3 is 2.33 bits per heavy atom. The van der Waals surface area contributed by atoms with Gasteiger partial charge in [-0.3, -0.25) is 0 Å². The Morgan fingerprint density at radius 1 is 1.11 bits per heavy atom. The van der Waals surface area contributed by atoms with Crippen LogP contribution in [0.2, 0.25) is 0 Å². The zero-order valence-electron chi connectivity index (χ0n) is 5.62. The maximum atomic E-state index is 8.17. The van der Waals surface area contributed by atoms with E-state index in [1.807, 2.05) is 18.2 Å². The van der Waals surface area contributed by atoms with Crippen LogP contribution in [-0.2, 0) is 0 Å². The van der Waals surface area contributed by atoms with Gasteiger partial charge in [-0.25, -0.2) is 0 Å². The highest BCUT2D eigenvalue weighted by Gasteiger charge is 1.61. The summed E-state index contributed by atoms with van der Waals surface area (Å²) in [6, 6.07) is 0. The number of aliphatic hydroxyl groups excluding tert-OH is 1. The first-order valence-corrected chi connectivity index (χ1v) is 3.04. The molecule has 9 heavy (non-hydrogen) atoms. The number of hydrogen-bond acceptors (Lipinski definition) is 1. The number of aliphatic hydroxyl groups is 1. The van der Waals surface area contributed by atoms with E-state index < -0.39 is 0 Å². The summed E-state index contributed by atoms with van der Waals surface area (Å²) in [5, 5.41) is 8.17. The number of hydrogen-bond donors (Lipinski definition) is 1. The molecule has 0 saturated carbocycles. The van der Waals surface area contributed by atoms with Gasteiger partial charge in [0, 0.05) is 0 Å². The molecule has 1 N–H and O–H groups in total. The second-order valence-corrected chi connectivity index (χ2v) is 1.56. The first-order valence-electron chi connectivity index (χ1n) is 3.04. The molecule has 0 spiro atoms. The van der Waals surface area contributed by atoms with Crippen molar-refractivity contribution in [3.63, 3.8) is 0 Å². The van der Waals surface area contributed by atoms with Gasteiger partial charge in [0.15, 0.2) is 0 Å². The summed E-state index contributed by atoms with van der Waals surface area (Å²) in [7, 11) is 0. The Bertz CT molecular complexity index is 121. The van der Waals surface area contributed by atoms with Crippen molar-refractivity contribution in [3.05, 3.63) is 36.6 Å². The molecule has 50 valence electrons. The normalized spacial score (nSPS) is 12.6. The molecule has 0 saturated heterocycles. The molecule has 0 unspecified atom stereocenters. The average molecular weight is 124 g/mol. The van der Waals surface area contributed by atoms with E-state index in [9.17, 15) is 0 Å². The highest BCUT2D eigenvalue weighted by atomic mass is 16.2. The van der Waals surface area contributed by atoms with E-state index in [0.717, 1.165) is 12.7 Å². The van der Waals surface area contributed by atoms with Crippen molar-refractivity contribution in [1.82, 2.24) is 0 Å². The summed E-state index contributed by atoms with van der Waals surface area (Å²) in [5.74, 6) is 0. The SMILES string of the molecule is CC/C=C/C=C\C=C\O. The highest BCUT2D eigenvalue weighted by molar-refractivity contribution is 5.09. The number of rotatable bonds is 3. The topological polar surface area (TPSA) is 20.2 Å². The lowest BCUT2D eigenvalue weighted by Gasteiger charge is -1.72. The highest BCUT2D eigenvalue weighted by Crippen LogP contribution is 1.81. The van der Waals surface area contributed by atoms with E-state index in [-0.39, 0.29) is 0 Å². The Morgan fingerprint density at radius 2 is 1.78 bits per heavy atom. The van der Waals surface area contributed by atoms with E-state index >= 15 is 0 Å². The Hall–Kier alpha value is -0.980. The van der Waals surface area contributed by atoms with Crippen molar-refractivity contribution >= 4 is 0 Å². The summed E-state index contributed by atoms with van der Waals surface area (Å²) < 4.78 is 0. The summed E-state index contributed by atoms with van der Waals surface area (Å²) in [6.07, 6.45) is 11.3. The molecular weight excluding hydrogens is 112 g/mol. The van der Waals surface area contributed by atoms with Crippen molar-refractivity contribution in [2.24, 2.45) is 0 Å². The maximum Gasteiger partial charge on any atom is 0.0791 e. The molecule has 0 bridgehead atoms. The smallest absolute Gasteiger partial charge is 0.0791 e. The number of allylic oxidation sites excluding steroid dienone is 5. The summed E-state index contributed by atoms with van der Waals surface area (Å²) in [5.41, 5.74) is 0. The molecule has 0 aromatic carbocycles. The fourth-order valence-electron chi connectivity index (χ4n) is 0.393. The second-order valence-electron chi connectivity index (χ2n) is 1.56. The Kier molecular flexibility index (Phi) is 6.26. The predicted molar refractivity (Wildman–Crippen MR) is 40.3 cm³/mol. The van der Waals surface area contributed by atoms with Gasteiger partial charge in [-0.05, 0) is 12.5 Å². The molecule has 0 aromatic rings. The molecule has 0 aromatic heterocycles. The first kappa shape index (κ1) is 8.02. The van der Waals surface area contributed by atoms with Gasteiger partial charge in [-0.2, -0.15) is 0 Å². The molecule has 0 aliphatic rings. The van der Waals surface area contributed by atoms with Crippen molar-refractivity contribution < 1.29 is 5.11 Å². The minimum absolute atomic E-state index is 1.01. The Labute approximate surface area is 56.0 Å². The van der Waals surface area contributed by atoms with Crippen molar-refractivity contribution in [3.8, 4) is 0 Å². The van der Waals surface area contributed by atoms with Gasteiger partial charge in [0.05, 0.1) is 6.26 Å². The Balaban J connectivity index is 3.35. The predicted octanol–water partition coefficient (Wildman–Crippen LogP) is 2.58. The fraction of sp³-hybridized carbons (Fsp3) is 0.250. The van der Waals surface area contributed by atoms with Crippen LogP contribution in [0.15, 0.2) is 36.6 Å². The van der Waals surface area contributed by atoms with E-state index in [0.29, 0.717) is 0 Å². The molecule has 0 rings (SSSR count).